The molecule has 15 aromatic rings. The lowest BCUT2D eigenvalue weighted by Gasteiger charge is -2.32. The molecule has 0 bridgehead atoms. The van der Waals surface area contributed by atoms with Crippen LogP contribution in [0, 0.1) is 6.92 Å². The van der Waals surface area contributed by atoms with Gasteiger partial charge in [-0.1, -0.05) is 423 Å². The number of amidine groups is 5. The lowest BCUT2D eigenvalue weighted by atomic mass is 9.96. The number of nitrogens with zero attached hydrogens (tertiary/aromatic N) is 10. The van der Waals surface area contributed by atoms with E-state index in [0.717, 1.165) is 126 Å². The van der Waals surface area contributed by atoms with Gasteiger partial charge in [-0.05, 0) is 111 Å². The first kappa shape index (κ1) is 84.1. The Morgan fingerprint density at radius 2 is 0.419 bits per heavy atom. The Morgan fingerprint density at radius 3 is 0.694 bits per heavy atom. The van der Waals surface area contributed by atoms with E-state index in [-0.39, 0.29) is 30.2 Å². The van der Waals surface area contributed by atoms with E-state index in [2.05, 4.69) is 395 Å². The smallest absolute Gasteiger partial charge is 0.133 e. The molecule has 5 heterocycles. The molecule has 0 spiro atoms. The summed E-state index contributed by atoms with van der Waals surface area (Å²) in [6.07, 6.45) is 0. The van der Waals surface area contributed by atoms with Crippen LogP contribution in [-0.4, -0.2) is 119 Å². The van der Waals surface area contributed by atoms with E-state index in [1.54, 1.807) is 0 Å². The second kappa shape index (κ2) is 42.3. The van der Waals surface area contributed by atoms with Crippen LogP contribution in [-0.2, 0) is 0 Å². The summed E-state index contributed by atoms with van der Waals surface area (Å²) < 4.78 is 0. The first-order valence-corrected chi connectivity index (χ1v) is 43.8. The average molecular weight is 1680 g/mol. The topological polar surface area (TPSA) is 78.0 Å². The van der Waals surface area contributed by atoms with Crippen LogP contribution < -0.4 is 0 Å². The molecule has 0 fully saturated rings. The van der Waals surface area contributed by atoms with E-state index in [9.17, 15) is 0 Å². The molecule has 0 unspecified atom stereocenters. The third kappa shape index (κ3) is 20.8. The first-order chi connectivity index (χ1) is 61.3. The maximum Gasteiger partial charge on any atom is 0.133 e. The van der Waals surface area contributed by atoms with Crippen molar-refractivity contribution in [3.63, 3.8) is 0 Å². The fourth-order valence-electron chi connectivity index (χ4n) is 17.1. The highest BCUT2D eigenvalue weighted by molar-refractivity contribution is 6.34. The highest BCUT2D eigenvalue weighted by Gasteiger charge is 2.35. The highest BCUT2D eigenvalue weighted by atomic mass is 35.5. The van der Waals surface area contributed by atoms with Crippen molar-refractivity contribution in [2.75, 3.05) is 65.4 Å². The van der Waals surface area contributed by atoms with Crippen molar-refractivity contribution < 1.29 is 0 Å². The molecule has 0 N–H and O–H groups in total. The standard InChI is InChI=1S/C23H22N2.3C22H19ClN2.C22H20N2/c1-18-12-14-21(15-13-18)23-24-16-17-25(23)22(19-8-4-2-5-9-19)20-10-6-3-7-11-20;23-20-14-8-7-13-19(20)22-24-15-16-25(22)21(17-9-3-1-4-10-17)18-11-5-2-6-12-18;23-20-13-7-12-19(16-20)22-24-14-15-25(22)21(17-8-3-1-4-9-17)18-10-5-2-6-11-18;23-20-13-11-19(12-14-20)22-24-15-16-25(22)21(17-7-3-1-4-8-17)18-9-5-2-6-10-18;1-4-10-18(11-5-1)21(19-12-6-2-7-13-19)24-17-16-23-22(24)20-14-8-3-9-15-20/h2-15,22H,16-17H2,1H3;1-14,21H,15-16H2;1-13,16,21H,14-15H2;1-14,21H,15-16H2;1-15,21H,16-17H2. The minimum Gasteiger partial charge on any atom is -0.343 e. The van der Waals surface area contributed by atoms with Gasteiger partial charge in [0.25, 0.3) is 0 Å². The van der Waals surface area contributed by atoms with Crippen molar-refractivity contribution in [1.29, 1.82) is 0 Å². The van der Waals surface area contributed by atoms with Crippen molar-refractivity contribution >= 4 is 64.0 Å². The number of benzene rings is 15. The Labute approximate surface area is 745 Å². The van der Waals surface area contributed by atoms with Crippen molar-refractivity contribution in [3.05, 3.63) is 535 Å². The molecule has 5 aliphatic rings. The maximum atomic E-state index is 6.46. The fourth-order valence-corrected chi connectivity index (χ4v) is 17.6. The minimum absolute atomic E-state index is 0.125. The lowest BCUT2D eigenvalue weighted by Crippen LogP contribution is -2.33. The largest absolute Gasteiger partial charge is 0.343 e. The molecule has 124 heavy (non-hydrogen) atoms. The molecule has 0 amide bonds. The van der Waals surface area contributed by atoms with Gasteiger partial charge in [0.05, 0.1) is 68.0 Å². The lowest BCUT2D eigenvalue weighted by molar-refractivity contribution is 0.389. The quantitative estimate of drug-likeness (QED) is 0.0760. The molecule has 10 nitrogen and oxygen atoms in total. The second-order valence-electron chi connectivity index (χ2n) is 30.8. The van der Waals surface area contributed by atoms with Crippen LogP contribution in [0.15, 0.2) is 456 Å². The number of halogens is 3. The summed E-state index contributed by atoms with van der Waals surface area (Å²) in [5.41, 5.74) is 19.6. The van der Waals surface area contributed by atoms with Crippen LogP contribution in [0.5, 0.6) is 0 Å². The Kier molecular flexibility index (Phi) is 28.7. The minimum atomic E-state index is 0.125. The molecular formula is C111H99Cl3N10. The number of aryl methyl sites for hydroxylation is 1. The van der Waals surface area contributed by atoms with Crippen molar-refractivity contribution in [2.24, 2.45) is 25.0 Å². The number of rotatable bonds is 20. The van der Waals surface area contributed by atoms with Gasteiger partial charge in [-0.3, -0.25) is 25.0 Å². The Bertz CT molecular complexity index is 5660. The van der Waals surface area contributed by atoms with Gasteiger partial charge in [0.15, 0.2) is 0 Å². The van der Waals surface area contributed by atoms with Gasteiger partial charge in [0, 0.05) is 70.6 Å². The fraction of sp³-hybridized carbons (Fsp3) is 0.144. The third-order valence-corrected chi connectivity index (χ3v) is 23.5. The molecule has 15 aromatic carbocycles. The predicted molar refractivity (Wildman–Crippen MR) is 516 cm³/mol. The van der Waals surface area contributed by atoms with E-state index >= 15 is 0 Å². The summed E-state index contributed by atoms with van der Waals surface area (Å²) in [6.45, 7) is 10.8. The SMILES string of the molecule is Cc1ccc(C2=NCCN2C(c2ccccc2)c2ccccc2)cc1.Clc1ccc(C2=NCCN2C(c2ccccc2)c2ccccc2)cc1.Clc1cccc(C2=NCCN2C(c2ccccc2)c2ccccc2)c1.Clc1ccccc1C1=NCCN1C(c1ccccc1)c1ccccc1.c1ccc(C2=NCCN2C(c2ccccc2)c2ccccc2)cc1. The molecule has 20 rings (SSSR count). The zero-order valence-electron chi connectivity index (χ0n) is 69.6. The molecule has 0 aliphatic carbocycles. The van der Waals surface area contributed by atoms with Gasteiger partial charge in [-0.25, -0.2) is 0 Å². The summed E-state index contributed by atoms with van der Waals surface area (Å²) in [5.74, 6) is 5.21. The Hall–Kier alpha value is -13.5. The van der Waals surface area contributed by atoms with Gasteiger partial charge in [-0.15, -0.1) is 0 Å². The van der Waals surface area contributed by atoms with Crippen LogP contribution in [0.25, 0.3) is 0 Å². The van der Waals surface area contributed by atoms with Gasteiger partial charge < -0.3 is 24.5 Å². The van der Waals surface area contributed by atoms with Gasteiger partial charge in [0.1, 0.15) is 29.2 Å². The average Bonchev–Trinajstić information content (AvgIpc) is 1.66. The number of hydrogen-bond donors (Lipinski definition) is 0. The molecule has 614 valence electrons. The number of hydrogen-bond acceptors (Lipinski definition) is 10. The zero-order valence-corrected chi connectivity index (χ0v) is 71.8. The summed E-state index contributed by atoms with van der Waals surface area (Å²) in [4.78, 5) is 36.0. The summed E-state index contributed by atoms with van der Waals surface area (Å²) in [5, 5.41) is 2.23. The van der Waals surface area contributed by atoms with Crippen molar-refractivity contribution in [1.82, 2.24) is 24.5 Å². The third-order valence-electron chi connectivity index (χ3n) is 22.7. The molecular weight excluding hydrogens is 1580 g/mol. The predicted octanol–water partition coefficient (Wildman–Crippen LogP) is 25.0. The molecule has 13 heteroatoms. The van der Waals surface area contributed by atoms with Gasteiger partial charge in [-0.2, -0.15) is 0 Å². The molecule has 0 aromatic heterocycles. The van der Waals surface area contributed by atoms with Crippen molar-refractivity contribution in [2.45, 2.75) is 37.1 Å². The summed E-state index contributed by atoms with van der Waals surface area (Å²) >= 11 is 18.7. The van der Waals surface area contributed by atoms with Crippen molar-refractivity contribution in [3.8, 4) is 0 Å². The van der Waals surface area contributed by atoms with E-state index < -0.39 is 0 Å². The Morgan fingerprint density at radius 1 is 0.202 bits per heavy atom. The van der Waals surface area contributed by atoms with E-state index in [1.807, 2.05) is 66.7 Å². The van der Waals surface area contributed by atoms with Crippen LogP contribution >= 0.6 is 34.8 Å². The zero-order chi connectivity index (χ0) is 84.4. The van der Waals surface area contributed by atoms with Crippen LogP contribution in [0.4, 0.5) is 0 Å². The number of aliphatic imine (C=N–C) groups is 5. The maximum absolute atomic E-state index is 6.46. The van der Waals surface area contributed by atoms with Gasteiger partial charge >= 0.3 is 0 Å². The molecule has 0 saturated carbocycles. The van der Waals surface area contributed by atoms with E-state index in [1.165, 1.54) is 72.3 Å². The van der Waals surface area contributed by atoms with Crippen LogP contribution in [0.1, 0.15) is 119 Å². The molecule has 0 saturated heterocycles. The van der Waals surface area contributed by atoms with E-state index in [4.69, 9.17) is 59.8 Å². The van der Waals surface area contributed by atoms with Crippen LogP contribution in [0.3, 0.4) is 0 Å². The monoisotopic (exact) mass is 1680 g/mol. The Balaban J connectivity index is 0.000000115. The summed E-state index contributed by atoms with van der Waals surface area (Å²) in [6, 6.07) is 150. The first-order valence-electron chi connectivity index (χ1n) is 42.7. The van der Waals surface area contributed by atoms with Crippen LogP contribution in [0.2, 0.25) is 15.1 Å². The highest BCUT2D eigenvalue weighted by Crippen LogP contribution is 2.39. The summed E-state index contributed by atoms with van der Waals surface area (Å²) in [7, 11) is 0. The molecule has 0 radical (unpaired) electrons. The normalized spacial score (nSPS) is 14.0. The van der Waals surface area contributed by atoms with Gasteiger partial charge in [0.2, 0.25) is 0 Å². The second-order valence-corrected chi connectivity index (χ2v) is 32.1. The molecule has 5 aliphatic heterocycles. The van der Waals surface area contributed by atoms with E-state index in [0.29, 0.717) is 0 Å². The molecule has 0 atom stereocenters.